The fraction of sp³-hybridized carbons (Fsp3) is 0.133. The van der Waals surface area contributed by atoms with Crippen LogP contribution in [0.1, 0.15) is 0 Å². The largest absolute Gasteiger partial charge is 0.325 e. The molecule has 1 amide bonds. The van der Waals surface area contributed by atoms with Crippen LogP contribution in [0.15, 0.2) is 47.4 Å². The zero-order chi connectivity index (χ0) is 19.5. The molecule has 0 fully saturated rings. The predicted octanol–water partition coefficient (Wildman–Crippen LogP) is 2.26. The van der Waals surface area contributed by atoms with Gasteiger partial charge in [0.25, 0.3) is 0 Å². The smallest absolute Gasteiger partial charge is 0.239 e. The van der Waals surface area contributed by atoms with Gasteiger partial charge in [0.15, 0.2) is 9.84 Å². The van der Waals surface area contributed by atoms with Gasteiger partial charge in [-0.15, -0.1) is 0 Å². The number of carbonyl (C=O) groups excluding carboxylic acids is 1. The fourth-order valence-corrected chi connectivity index (χ4v) is 3.79. The summed E-state index contributed by atoms with van der Waals surface area (Å²) < 4.78 is 62.4. The molecule has 11 heteroatoms. The molecule has 0 unspecified atom stereocenters. The molecule has 0 aliphatic rings. The summed E-state index contributed by atoms with van der Waals surface area (Å²) in [4.78, 5) is 11.9. The van der Waals surface area contributed by atoms with E-state index in [9.17, 15) is 26.0 Å². The van der Waals surface area contributed by atoms with E-state index in [-0.39, 0.29) is 16.3 Å². The van der Waals surface area contributed by atoms with Crippen LogP contribution in [-0.2, 0) is 24.7 Å². The van der Waals surface area contributed by atoms with Crippen molar-refractivity contribution in [2.75, 3.05) is 22.0 Å². The van der Waals surface area contributed by atoms with Gasteiger partial charge >= 0.3 is 0 Å². The number of amides is 1. The van der Waals surface area contributed by atoms with Gasteiger partial charge < -0.3 is 5.32 Å². The first-order valence-electron chi connectivity index (χ1n) is 7.02. The molecule has 140 valence electrons. The summed E-state index contributed by atoms with van der Waals surface area (Å²) in [6.07, 6.45) is 0.844. The third-order valence-corrected chi connectivity index (χ3v) is 5.51. The van der Waals surface area contributed by atoms with Crippen LogP contribution in [0.3, 0.4) is 0 Å². The molecule has 0 atom stereocenters. The first kappa shape index (κ1) is 20.1. The summed E-state index contributed by atoms with van der Waals surface area (Å²) in [5, 5.41) is 2.64. The van der Waals surface area contributed by atoms with Crippen molar-refractivity contribution < 1.29 is 26.0 Å². The Hall–Kier alpha value is -2.17. The van der Waals surface area contributed by atoms with Crippen molar-refractivity contribution in [3.63, 3.8) is 0 Å². The number of anilines is 2. The van der Waals surface area contributed by atoms with E-state index >= 15 is 0 Å². The van der Waals surface area contributed by atoms with E-state index in [0.717, 1.165) is 18.4 Å². The quantitative estimate of drug-likeness (QED) is 0.744. The van der Waals surface area contributed by atoms with Crippen LogP contribution in [0, 0.1) is 5.82 Å². The third-order valence-electron chi connectivity index (χ3n) is 3.04. The number of sulfonamides is 1. The number of rotatable bonds is 6. The van der Waals surface area contributed by atoms with Crippen molar-refractivity contribution in [1.82, 2.24) is 0 Å². The lowest BCUT2D eigenvalue weighted by molar-refractivity contribution is -0.113. The van der Waals surface area contributed by atoms with Crippen molar-refractivity contribution in [3.8, 4) is 0 Å². The highest BCUT2D eigenvalue weighted by Crippen LogP contribution is 2.21. The lowest BCUT2D eigenvalue weighted by Crippen LogP contribution is -2.23. The first-order valence-corrected chi connectivity index (χ1v) is 10.9. The molecule has 0 aliphatic heterocycles. The highest BCUT2D eigenvalue weighted by Gasteiger charge is 2.20. The zero-order valence-electron chi connectivity index (χ0n) is 13.4. The summed E-state index contributed by atoms with van der Waals surface area (Å²) >= 11 is 5.69. The molecule has 2 N–H and O–H groups in total. The van der Waals surface area contributed by atoms with Gasteiger partial charge in [0.1, 0.15) is 11.6 Å². The van der Waals surface area contributed by atoms with E-state index in [2.05, 4.69) is 5.32 Å². The molecule has 2 rings (SSSR count). The average molecular weight is 421 g/mol. The number of sulfone groups is 1. The van der Waals surface area contributed by atoms with E-state index in [4.69, 9.17) is 11.6 Å². The van der Waals surface area contributed by atoms with Crippen LogP contribution < -0.4 is 10.0 Å². The molecule has 0 heterocycles. The number of benzene rings is 2. The van der Waals surface area contributed by atoms with Gasteiger partial charge in [-0.1, -0.05) is 11.6 Å². The molecule has 26 heavy (non-hydrogen) atoms. The second kappa shape index (κ2) is 7.60. The van der Waals surface area contributed by atoms with Gasteiger partial charge in [-0.05, 0) is 42.5 Å². The molecular weight excluding hydrogens is 407 g/mol. The summed E-state index contributed by atoms with van der Waals surface area (Å²) in [6, 6.07) is 8.48. The minimum Gasteiger partial charge on any atom is -0.325 e. The van der Waals surface area contributed by atoms with Crippen LogP contribution in [0.2, 0.25) is 5.02 Å². The number of hydrogen-bond acceptors (Lipinski definition) is 5. The molecule has 0 saturated heterocycles. The van der Waals surface area contributed by atoms with E-state index in [1.165, 1.54) is 30.3 Å². The van der Waals surface area contributed by atoms with E-state index < -0.39 is 37.3 Å². The van der Waals surface area contributed by atoms with Crippen LogP contribution in [0.4, 0.5) is 15.8 Å². The zero-order valence-corrected chi connectivity index (χ0v) is 15.8. The normalized spacial score (nSPS) is 11.8. The lowest BCUT2D eigenvalue weighted by atomic mass is 10.2. The van der Waals surface area contributed by atoms with Crippen LogP contribution in [0.25, 0.3) is 0 Å². The fourth-order valence-electron chi connectivity index (χ4n) is 1.98. The molecule has 2 aromatic rings. The van der Waals surface area contributed by atoms with Crippen LogP contribution in [0.5, 0.6) is 0 Å². The van der Waals surface area contributed by atoms with E-state index in [1.807, 2.05) is 4.72 Å². The van der Waals surface area contributed by atoms with Crippen molar-refractivity contribution in [2.24, 2.45) is 0 Å². The second-order valence-electron chi connectivity index (χ2n) is 5.33. The topological polar surface area (TPSA) is 109 Å². The van der Waals surface area contributed by atoms with Crippen molar-refractivity contribution in [2.45, 2.75) is 4.90 Å². The van der Waals surface area contributed by atoms with Crippen molar-refractivity contribution in [3.05, 3.63) is 53.3 Å². The minimum atomic E-state index is -3.90. The van der Waals surface area contributed by atoms with Gasteiger partial charge in [0.2, 0.25) is 15.9 Å². The molecule has 0 aliphatic carbocycles. The molecular formula is C15H14ClFN2O5S2. The Morgan fingerprint density at radius 2 is 1.69 bits per heavy atom. The molecule has 0 bridgehead atoms. The highest BCUT2D eigenvalue weighted by molar-refractivity contribution is 7.92. The Labute approximate surface area is 155 Å². The summed E-state index contributed by atoms with van der Waals surface area (Å²) in [6.45, 7) is 0. The highest BCUT2D eigenvalue weighted by atomic mass is 35.5. The third kappa shape index (κ3) is 5.68. The summed E-state index contributed by atoms with van der Waals surface area (Å²) in [5.74, 6) is -2.56. The maximum Gasteiger partial charge on any atom is 0.239 e. The number of carbonyl (C=O) groups is 1. The maximum atomic E-state index is 13.6. The van der Waals surface area contributed by atoms with Gasteiger partial charge in [-0.3, -0.25) is 9.52 Å². The molecule has 7 nitrogen and oxygen atoms in total. The summed E-state index contributed by atoms with van der Waals surface area (Å²) in [5.41, 5.74) is -0.334. The molecule has 0 spiro atoms. The van der Waals surface area contributed by atoms with Gasteiger partial charge in [-0.25, -0.2) is 21.2 Å². The Morgan fingerprint density at radius 3 is 2.27 bits per heavy atom. The number of halogens is 2. The number of hydrogen-bond donors (Lipinski definition) is 2. The van der Waals surface area contributed by atoms with Gasteiger partial charge in [0, 0.05) is 10.7 Å². The molecule has 0 aromatic heterocycles. The Bertz CT molecular complexity index is 1040. The first-order chi connectivity index (χ1) is 12.0. The molecule has 2 aromatic carbocycles. The monoisotopic (exact) mass is 420 g/mol. The Balaban J connectivity index is 2.15. The minimum absolute atomic E-state index is 0.0360. The second-order valence-corrected chi connectivity index (χ2v) is 9.50. The van der Waals surface area contributed by atoms with Gasteiger partial charge in [-0.2, -0.15) is 0 Å². The SMILES string of the molecule is CS(=O)(=O)Nc1cc(NC(=O)CS(=O)(=O)c2ccc(Cl)cc2)ccc1F. The number of nitrogens with one attached hydrogen (secondary N) is 2. The van der Waals surface area contributed by atoms with Crippen LogP contribution >= 0.6 is 11.6 Å². The van der Waals surface area contributed by atoms with E-state index in [1.54, 1.807) is 0 Å². The Kier molecular flexibility index (Phi) is 5.89. The summed E-state index contributed by atoms with van der Waals surface area (Å²) in [7, 11) is -7.62. The standard InChI is InChI=1S/C15H14ClFN2O5S2/c1-25(21,22)19-14-8-11(4-7-13(14)17)18-15(20)9-26(23,24)12-5-2-10(16)3-6-12/h2-8,19H,9H2,1H3,(H,18,20). The maximum absolute atomic E-state index is 13.6. The lowest BCUT2D eigenvalue weighted by Gasteiger charge is -2.10. The van der Waals surface area contributed by atoms with Crippen LogP contribution in [-0.4, -0.2) is 34.8 Å². The molecule has 0 radical (unpaired) electrons. The van der Waals surface area contributed by atoms with Crippen molar-refractivity contribution >= 4 is 48.7 Å². The van der Waals surface area contributed by atoms with Crippen molar-refractivity contribution in [1.29, 1.82) is 0 Å². The Morgan fingerprint density at radius 1 is 1.08 bits per heavy atom. The average Bonchev–Trinajstić information content (AvgIpc) is 2.49. The molecule has 0 saturated carbocycles. The van der Waals surface area contributed by atoms with E-state index in [0.29, 0.717) is 5.02 Å². The predicted molar refractivity (Wildman–Crippen MR) is 97.0 cm³/mol. The van der Waals surface area contributed by atoms with Gasteiger partial charge in [0.05, 0.1) is 16.8 Å².